The van der Waals surface area contributed by atoms with E-state index in [4.69, 9.17) is 4.52 Å². The van der Waals surface area contributed by atoms with Crippen molar-refractivity contribution in [3.63, 3.8) is 0 Å². The maximum absolute atomic E-state index is 11.8. The first-order valence-electron chi connectivity index (χ1n) is 5.98. The van der Waals surface area contributed by atoms with Gasteiger partial charge in [-0.3, -0.25) is 4.79 Å². The molecule has 5 nitrogen and oxygen atoms in total. The van der Waals surface area contributed by atoms with Crippen molar-refractivity contribution in [3.05, 3.63) is 53.4 Å². The van der Waals surface area contributed by atoms with E-state index in [9.17, 15) is 9.90 Å². The van der Waals surface area contributed by atoms with Crippen molar-refractivity contribution >= 4 is 5.91 Å². The zero-order valence-corrected chi connectivity index (χ0v) is 10.9. The van der Waals surface area contributed by atoms with Gasteiger partial charge < -0.3 is 14.9 Å². The molecule has 1 heterocycles. The molecule has 1 aromatic carbocycles. The minimum Gasteiger partial charge on any atom is -0.384 e. The number of nitrogens with zero attached hydrogens (tertiary/aromatic N) is 1. The molecule has 0 saturated heterocycles. The van der Waals surface area contributed by atoms with Gasteiger partial charge in [-0.2, -0.15) is 0 Å². The van der Waals surface area contributed by atoms with Gasteiger partial charge in [0.1, 0.15) is 11.4 Å². The molecule has 1 aromatic heterocycles. The summed E-state index contributed by atoms with van der Waals surface area (Å²) in [5.74, 6) is 0.202. The Bertz CT molecular complexity index is 561. The van der Waals surface area contributed by atoms with Crippen molar-refractivity contribution in [2.75, 3.05) is 6.54 Å². The Kier molecular flexibility index (Phi) is 3.66. The Morgan fingerprint density at radius 1 is 1.42 bits per heavy atom. The van der Waals surface area contributed by atoms with Gasteiger partial charge in [-0.15, -0.1) is 0 Å². The highest BCUT2D eigenvalue weighted by Gasteiger charge is 2.24. The van der Waals surface area contributed by atoms with Crippen molar-refractivity contribution in [2.45, 2.75) is 19.4 Å². The van der Waals surface area contributed by atoms with Crippen molar-refractivity contribution in [1.29, 1.82) is 0 Å². The fourth-order valence-electron chi connectivity index (χ4n) is 1.72. The van der Waals surface area contributed by atoms with E-state index in [0.717, 1.165) is 5.56 Å². The van der Waals surface area contributed by atoms with Crippen LogP contribution in [0.3, 0.4) is 0 Å². The van der Waals surface area contributed by atoms with E-state index in [-0.39, 0.29) is 18.1 Å². The van der Waals surface area contributed by atoms with Gasteiger partial charge in [-0.05, 0) is 19.4 Å². The molecule has 1 atom stereocenters. The predicted octanol–water partition coefficient (Wildman–Crippen LogP) is 1.62. The van der Waals surface area contributed by atoms with E-state index in [1.165, 1.54) is 0 Å². The molecule has 19 heavy (non-hydrogen) atoms. The third-order valence-electron chi connectivity index (χ3n) is 2.85. The Morgan fingerprint density at radius 2 is 2.11 bits per heavy atom. The monoisotopic (exact) mass is 260 g/mol. The molecular formula is C14H16N2O3. The molecule has 1 amide bonds. The number of carbonyl (C=O) groups is 1. The molecule has 2 N–H and O–H groups in total. The van der Waals surface area contributed by atoms with E-state index in [2.05, 4.69) is 10.5 Å². The fraction of sp³-hybridized carbons (Fsp3) is 0.286. The number of benzene rings is 1. The van der Waals surface area contributed by atoms with E-state index >= 15 is 0 Å². The number of aryl methyl sites for hydroxylation is 1. The first-order valence-corrected chi connectivity index (χ1v) is 5.98. The van der Waals surface area contributed by atoms with Gasteiger partial charge in [0.15, 0.2) is 5.69 Å². The molecule has 0 aliphatic carbocycles. The van der Waals surface area contributed by atoms with Gasteiger partial charge in [0.2, 0.25) is 0 Å². The normalized spacial score (nSPS) is 13.8. The SMILES string of the molecule is Cc1cc(C(=O)NCC(C)(O)c2ccccc2)no1. The van der Waals surface area contributed by atoms with Gasteiger partial charge in [0.05, 0.1) is 6.54 Å². The van der Waals surface area contributed by atoms with Crippen molar-refractivity contribution in [3.8, 4) is 0 Å². The van der Waals surface area contributed by atoms with Crippen LogP contribution in [0.2, 0.25) is 0 Å². The Hall–Kier alpha value is -2.14. The Labute approximate surface area is 111 Å². The van der Waals surface area contributed by atoms with E-state index in [1.807, 2.05) is 30.3 Å². The molecule has 0 spiro atoms. The summed E-state index contributed by atoms with van der Waals surface area (Å²) in [4.78, 5) is 11.8. The van der Waals surface area contributed by atoms with Crippen LogP contribution < -0.4 is 5.32 Å². The minimum absolute atomic E-state index is 0.0990. The molecule has 2 rings (SSSR count). The number of rotatable bonds is 4. The second-order valence-corrected chi connectivity index (χ2v) is 4.65. The Morgan fingerprint density at radius 3 is 2.68 bits per heavy atom. The van der Waals surface area contributed by atoms with Crippen LogP contribution >= 0.6 is 0 Å². The quantitative estimate of drug-likeness (QED) is 0.876. The molecule has 100 valence electrons. The number of carbonyl (C=O) groups excluding carboxylic acids is 1. The maximum Gasteiger partial charge on any atom is 0.273 e. The van der Waals surface area contributed by atoms with Crippen LogP contribution in [-0.2, 0) is 5.60 Å². The standard InChI is InChI=1S/C14H16N2O3/c1-10-8-12(16-19-10)13(17)15-9-14(2,18)11-6-4-3-5-7-11/h3-8,18H,9H2,1-2H3,(H,15,17). The van der Waals surface area contributed by atoms with Crippen LogP contribution in [-0.4, -0.2) is 22.7 Å². The zero-order valence-electron chi connectivity index (χ0n) is 10.9. The fourth-order valence-corrected chi connectivity index (χ4v) is 1.72. The van der Waals surface area contributed by atoms with Crippen molar-refractivity contribution < 1.29 is 14.4 Å². The summed E-state index contributed by atoms with van der Waals surface area (Å²) in [7, 11) is 0. The summed E-state index contributed by atoms with van der Waals surface area (Å²) in [6.45, 7) is 3.46. The molecular weight excluding hydrogens is 244 g/mol. The van der Waals surface area contributed by atoms with Gasteiger partial charge in [-0.25, -0.2) is 0 Å². The van der Waals surface area contributed by atoms with Crippen molar-refractivity contribution in [1.82, 2.24) is 10.5 Å². The summed E-state index contributed by atoms with van der Waals surface area (Å²) in [5, 5.41) is 16.6. The summed E-state index contributed by atoms with van der Waals surface area (Å²) < 4.78 is 4.83. The van der Waals surface area contributed by atoms with Crippen LogP contribution in [0.15, 0.2) is 40.9 Å². The number of aliphatic hydroxyl groups is 1. The van der Waals surface area contributed by atoms with Crippen LogP contribution in [0.25, 0.3) is 0 Å². The molecule has 0 saturated carbocycles. The topological polar surface area (TPSA) is 75.4 Å². The summed E-state index contributed by atoms with van der Waals surface area (Å²) >= 11 is 0. The minimum atomic E-state index is -1.13. The lowest BCUT2D eigenvalue weighted by molar-refractivity contribution is 0.0524. The molecule has 0 aliphatic heterocycles. The first-order chi connectivity index (χ1) is 8.99. The number of nitrogens with one attached hydrogen (secondary N) is 1. The van der Waals surface area contributed by atoms with E-state index < -0.39 is 5.60 Å². The molecule has 0 aliphatic rings. The van der Waals surface area contributed by atoms with Gasteiger partial charge in [-0.1, -0.05) is 35.5 Å². The summed E-state index contributed by atoms with van der Waals surface area (Å²) in [5.41, 5.74) is -0.177. The lowest BCUT2D eigenvalue weighted by Gasteiger charge is -2.23. The smallest absolute Gasteiger partial charge is 0.273 e. The summed E-state index contributed by atoms with van der Waals surface area (Å²) in [6, 6.07) is 10.7. The number of amides is 1. The lowest BCUT2D eigenvalue weighted by Crippen LogP contribution is -2.38. The first kappa shape index (κ1) is 13.3. The molecule has 5 heteroatoms. The predicted molar refractivity (Wildman–Crippen MR) is 69.6 cm³/mol. The molecule has 2 aromatic rings. The molecule has 1 unspecified atom stereocenters. The number of hydrogen-bond donors (Lipinski definition) is 2. The largest absolute Gasteiger partial charge is 0.384 e. The zero-order chi connectivity index (χ0) is 13.9. The molecule has 0 bridgehead atoms. The average molecular weight is 260 g/mol. The van der Waals surface area contributed by atoms with Gasteiger partial charge in [0.25, 0.3) is 5.91 Å². The third-order valence-corrected chi connectivity index (χ3v) is 2.85. The highest BCUT2D eigenvalue weighted by molar-refractivity contribution is 5.92. The van der Waals surface area contributed by atoms with Gasteiger partial charge in [0, 0.05) is 6.07 Å². The third kappa shape index (κ3) is 3.20. The molecule has 0 radical (unpaired) electrons. The second kappa shape index (κ2) is 5.24. The highest BCUT2D eigenvalue weighted by Crippen LogP contribution is 2.19. The van der Waals surface area contributed by atoms with Crippen LogP contribution in [0, 0.1) is 6.92 Å². The summed E-state index contributed by atoms with van der Waals surface area (Å²) in [6.07, 6.45) is 0. The van der Waals surface area contributed by atoms with Crippen LogP contribution in [0.1, 0.15) is 28.7 Å². The van der Waals surface area contributed by atoms with Crippen molar-refractivity contribution in [2.24, 2.45) is 0 Å². The van der Waals surface area contributed by atoms with Crippen LogP contribution in [0.4, 0.5) is 0 Å². The lowest BCUT2D eigenvalue weighted by atomic mass is 9.96. The maximum atomic E-state index is 11.8. The highest BCUT2D eigenvalue weighted by atomic mass is 16.5. The average Bonchev–Trinajstić information content (AvgIpc) is 2.84. The number of hydrogen-bond acceptors (Lipinski definition) is 4. The Balaban J connectivity index is 2.00. The van der Waals surface area contributed by atoms with Crippen LogP contribution in [0.5, 0.6) is 0 Å². The van der Waals surface area contributed by atoms with E-state index in [1.54, 1.807) is 19.9 Å². The number of aromatic nitrogens is 1. The second-order valence-electron chi connectivity index (χ2n) is 4.65. The van der Waals surface area contributed by atoms with E-state index in [0.29, 0.717) is 5.76 Å². The molecule has 0 fully saturated rings. The van der Waals surface area contributed by atoms with Gasteiger partial charge >= 0.3 is 0 Å².